The molecule has 7 nitrogen and oxygen atoms in total. The molecule has 1 unspecified atom stereocenters. The molecule has 1 amide bonds. The first kappa shape index (κ1) is 19.5. The molecular weight excluding hydrogens is 389 g/mol. The molecule has 0 aliphatic rings. The van der Waals surface area contributed by atoms with E-state index in [2.05, 4.69) is 10.4 Å². The van der Waals surface area contributed by atoms with Crippen LogP contribution in [0.4, 0.5) is 10.1 Å². The minimum Gasteiger partial charge on any atom is -0.448 e. The number of hydrogen-bond acceptors (Lipinski definition) is 5. The molecule has 0 aliphatic heterocycles. The molecule has 3 aromatic rings. The van der Waals surface area contributed by atoms with E-state index in [1.54, 1.807) is 24.3 Å². The van der Waals surface area contributed by atoms with Crippen molar-refractivity contribution in [1.29, 1.82) is 0 Å². The zero-order valence-corrected chi connectivity index (χ0v) is 15.7. The second-order valence-electron chi connectivity index (χ2n) is 5.98. The maximum atomic E-state index is 13.1. The number of amides is 1. The smallest absolute Gasteiger partial charge is 0.360 e. The van der Waals surface area contributed by atoms with Gasteiger partial charge in [0.25, 0.3) is 11.5 Å². The van der Waals surface area contributed by atoms with Crippen LogP contribution < -0.4 is 10.9 Å². The molecule has 0 saturated heterocycles. The van der Waals surface area contributed by atoms with Gasteiger partial charge in [-0.2, -0.15) is 5.10 Å². The third kappa shape index (κ3) is 3.86. The first-order valence-electron chi connectivity index (χ1n) is 8.21. The summed E-state index contributed by atoms with van der Waals surface area (Å²) in [4.78, 5) is 37.0. The standard InChI is InChI=1S/C19H15ClFN3O4/c1-10(17(25)22-15-8-7-11(21)9-14(15)20)28-19(27)16-12-5-3-4-6-13(12)18(26)24(2)23-16/h3-10H,1-2H3,(H,22,25). The molecule has 2 aromatic carbocycles. The van der Waals surface area contributed by atoms with Gasteiger partial charge in [-0.3, -0.25) is 9.59 Å². The van der Waals surface area contributed by atoms with E-state index in [1.165, 1.54) is 20.0 Å². The van der Waals surface area contributed by atoms with Crippen LogP contribution in [-0.4, -0.2) is 27.8 Å². The summed E-state index contributed by atoms with van der Waals surface area (Å²) in [5, 5.41) is 7.06. The number of esters is 1. The number of carbonyl (C=O) groups excluding carboxylic acids is 2. The molecule has 0 fully saturated rings. The van der Waals surface area contributed by atoms with E-state index in [9.17, 15) is 18.8 Å². The van der Waals surface area contributed by atoms with Crippen LogP contribution >= 0.6 is 11.6 Å². The Balaban J connectivity index is 1.81. The van der Waals surface area contributed by atoms with Crippen LogP contribution in [0.25, 0.3) is 10.8 Å². The summed E-state index contributed by atoms with van der Waals surface area (Å²) in [6, 6.07) is 9.96. The maximum Gasteiger partial charge on any atom is 0.360 e. The van der Waals surface area contributed by atoms with Gasteiger partial charge in [-0.1, -0.05) is 29.8 Å². The van der Waals surface area contributed by atoms with E-state index in [-0.39, 0.29) is 22.0 Å². The van der Waals surface area contributed by atoms with Gasteiger partial charge < -0.3 is 10.1 Å². The SMILES string of the molecule is CC(OC(=O)c1nn(C)c(=O)c2ccccc12)C(=O)Nc1ccc(F)cc1Cl. The minimum atomic E-state index is -1.19. The number of rotatable bonds is 4. The molecule has 0 radical (unpaired) electrons. The fourth-order valence-electron chi connectivity index (χ4n) is 2.55. The lowest BCUT2D eigenvalue weighted by Crippen LogP contribution is -2.31. The molecule has 1 heterocycles. The van der Waals surface area contributed by atoms with Gasteiger partial charge in [0.15, 0.2) is 11.8 Å². The second kappa shape index (κ2) is 7.77. The van der Waals surface area contributed by atoms with E-state index in [0.29, 0.717) is 10.8 Å². The van der Waals surface area contributed by atoms with Crippen molar-refractivity contribution < 1.29 is 18.7 Å². The van der Waals surface area contributed by atoms with Crippen LogP contribution in [0.1, 0.15) is 17.4 Å². The molecule has 144 valence electrons. The summed E-state index contributed by atoms with van der Waals surface area (Å²) in [5.41, 5.74) is -0.261. The van der Waals surface area contributed by atoms with Crippen LogP contribution in [-0.2, 0) is 16.6 Å². The van der Waals surface area contributed by atoms with Gasteiger partial charge in [-0.25, -0.2) is 13.9 Å². The van der Waals surface area contributed by atoms with Crippen LogP contribution in [0.2, 0.25) is 5.02 Å². The topological polar surface area (TPSA) is 90.3 Å². The molecule has 0 saturated carbocycles. The number of fused-ring (bicyclic) bond motifs is 1. The van der Waals surface area contributed by atoms with Crippen molar-refractivity contribution in [3.8, 4) is 0 Å². The predicted molar refractivity (Wildman–Crippen MR) is 102 cm³/mol. The van der Waals surface area contributed by atoms with E-state index in [0.717, 1.165) is 16.8 Å². The van der Waals surface area contributed by atoms with Crippen molar-refractivity contribution in [2.75, 3.05) is 5.32 Å². The molecule has 9 heteroatoms. The van der Waals surface area contributed by atoms with Gasteiger partial charge >= 0.3 is 5.97 Å². The summed E-state index contributed by atoms with van der Waals surface area (Å²) in [7, 11) is 1.41. The number of carbonyl (C=O) groups is 2. The highest BCUT2D eigenvalue weighted by atomic mass is 35.5. The first-order valence-corrected chi connectivity index (χ1v) is 8.58. The molecule has 1 N–H and O–H groups in total. The Kier molecular flexibility index (Phi) is 5.41. The molecule has 1 aromatic heterocycles. The molecule has 28 heavy (non-hydrogen) atoms. The third-order valence-corrected chi connectivity index (χ3v) is 4.30. The predicted octanol–water partition coefficient (Wildman–Crippen LogP) is 2.91. The fraction of sp³-hybridized carbons (Fsp3) is 0.158. The summed E-state index contributed by atoms with van der Waals surface area (Å²) < 4.78 is 19.3. The zero-order valence-electron chi connectivity index (χ0n) is 14.9. The Bertz CT molecular complexity index is 1150. The van der Waals surface area contributed by atoms with E-state index in [1.807, 2.05) is 0 Å². The molecule has 3 rings (SSSR count). The summed E-state index contributed by atoms with van der Waals surface area (Å²) in [6.45, 7) is 1.37. The highest BCUT2D eigenvalue weighted by Gasteiger charge is 2.23. The summed E-state index contributed by atoms with van der Waals surface area (Å²) >= 11 is 5.87. The lowest BCUT2D eigenvalue weighted by Gasteiger charge is -2.15. The number of benzene rings is 2. The second-order valence-corrected chi connectivity index (χ2v) is 6.39. The Labute approximate surface area is 163 Å². The Morgan fingerprint density at radius 2 is 1.89 bits per heavy atom. The number of halogens is 2. The van der Waals surface area contributed by atoms with E-state index >= 15 is 0 Å². The normalized spacial score (nSPS) is 11.9. The number of nitrogens with one attached hydrogen (secondary N) is 1. The lowest BCUT2D eigenvalue weighted by atomic mass is 10.1. The first-order chi connectivity index (χ1) is 13.3. The number of hydrogen-bond donors (Lipinski definition) is 1. The van der Waals surface area contributed by atoms with Gasteiger partial charge in [0.2, 0.25) is 0 Å². The number of ether oxygens (including phenoxy) is 1. The fourth-order valence-corrected chi connectivity index (χ4v) is 2.76. The van der Waals surface area contributed by atoms with Gasteiger partial charge in [0.05, 0.1) is 16.1 Å². The average molecular weight is 404 g/mol. The quantitative estimate of drug-likeness (QED) is 0.676. The van der Waals surface area contributed by atoms with Crippen molar-refractivity contribution in [2.45, 2.75) is 13.0 Å². The molecule has 0 spiro atoms. The van der Waals surface area contributed by atoms with Gasteiger partial charge in [-0.15, -0.1) is 0 Å². The highest BCUT2D eigenvalue weighted by Crippen LogP contribution is 2.23. The van der Waals surface area contributed by atoms with Crippen LogP contribution in [0.3, 0.4) is 0 Å². The highest BCUT2D eigenvalue weighted by molar-refractivity contribution is 6.33. The van der Waals surface area contributed by atoms with Crippen molar-refractivity contribution >= 4 is 39.9 Å². The summed E-state index contributed by atoms with van der Waals surface area (Å²) in [5.74, 6) is -2.06. The van der Waals surface area contributed by atoms with Crippen LogP contribution in [0, 0.1) is 5.82 Å². The van der Waals surface area contributed by atoms with E-state index in [4.69, 9.17) is 16.3 Å². The molecule has 1 atom stereocenters. The van der Waals surface area contributed by atoms with E-state index < -0.39 is 23.8 Å². The third-order valence-electron chi connectivity index (χ3n) is 3.99. The minimum absolute atomic E-state index is 0.0117. The van der Waals surface area contributed by atoms with Gasteiger partial charge in [0.1, 0.15) is 5.82 Å². The van der Waals surface area contributed by atoms with Crippen LogP contribution in [0.5, 0.6) is 0 Å². The number of anilines is 1. The van der Waals surface area contributed by atoms with Gasteiger partial charge in [-0.05, 0) is 31.2 Å². The van der Waals surface area contributed by atoms with Crippen molar-refractivity contribution in [3.63, 3.8) is 0 Å². The molecular formula is C19H15ClFN3O4. The lowest BCUT2D eigenvalue weighted by molar-refractivity contribution is -0.123. The molecule has 0 bridgehead atoms. The average Bonchev–Trinajstić information content (AvgIpc) is 2.66. The number of aromatic nitrogens is 2. The molecule has 0 aliphatic carbocycles. The van der Waals surface area contributed by atoms with Gasteiger partial charge in [0, 0.05) is 12.4 Å². The summed E-state index contributed by atoms with van der Waals surface area (Å²) in [6.07, 6.45) is -1.19. The number of aryl methyl sites for hydroxylation is 1. The van der Waals surface area contributed by atoms with Crippen molar-refractivity contribution in [2.24, 2.45) is 7.05 Å². The maximum absolute atomic E-state index is 13.1. The monoisotopic (exact) mass is 403 g/mol. The number of nitrogens with zero attached hydrogens (tertiary/aromatic N) is 2. The largest absolute Gasteiger partial charge is 0.448 e. The Hall–Kier alpha value is -3.26. The van der Waals surface area contributed by atoms with Crippen molar-refractivity contribution in [3.05, 3.63) is 69.4 Å². The Morgan fingerprint density at radius 1 is 1.21 bits per heavy atom. The van der Waals surface area contributed by atoms with Crippen LogP contribution in [0.15, 0.2) is 47.3 Å². The zero-order chi connectivity index (χ0) is 20.4. The Morgan fingerprint density at radius 3 is 2.57 bits per heavy atom. The van der Waals surface area contributed by atoms with Crippen molar-refractivity contribution in [1.82, 2.24) is 9.78 Å².